The van der Waals surface area contributed by atoms with Crippen molar-refractivity contribution >= 4 is 15.9 Å². The molecule has 0 heterocycles. The molecule has 188 valence electrons. The largest absolute Gasteiger partial charge is 0.537 e. The molecule has 0 aromatic heterocycles. The van der Waals surface area contributed by atoms with Crippen molar-refractivity contribution in [3.05, 3.63) is 29.3 Å². The lowest BCUT2D eigenvalue weighted by atomic mass is 9.53. The second-order valence-corrected chi connectivity index (χ2v) is 12.7. The fraction of sp³-hybridized carbons (Fsp3) is 0.731. The van der Waals surface area contributed by atoms with E-state index in [1.54, 1.807) is 6.07 Å². The second-order valence-electron chi connectivity index (χ2n) is 11.2. The number of aryl methyl sites for hydroxylation is 1. The predicted octanol–water partition coefficient (Wildman–Crippen LogP) is 6.53. The Morgan fingerprint density at radius 1 is 1.03 bits per heavy atom. The molecule has 0 bridgehead atoms. The summed E-state index contributed by atoms with van der Waals surface area (Å²) in [6, 6.07) is 4.31. The topological polar surface area (TPSA) is 60.4 Å². The number of benzene rings is 1. The first-order chi connectivity index (χ1) is 16.0. The zero-order valence-corrected chi connectivity index (χ0v) is 20.4. The van der Waals surface area contributed by atoms with E-state index in [-0.39, 0.29) is 23.2 Å². The number of rotatable bonds is 4. The average Bonchev–Trinajstić information content (AvgIpc) is 3.14. The summed E-state index contributed by atoms with van der Waals surface area (Å²) in [5.74, 6) is 2.05. The molecule has 5 atom stereocenters. The highest BCUT2D eigenvalue weighted by Gasteiger charge is 2.57. The lowest BCUT2D eigenvalue weighted by Crippen LogP contribution is -2.45. The van der Waals surface area contributed by atoms with Crippen LogP contribution in [0.15, 0.2) is 23.1 Å². The van der Waals surface area contributed by atoms with Crippen molar-refractivity contribution in [1.29, 1.82) is 0 Å². The van der Waals surface area contributed by atoms with Crippen molar-refractivity contribution in [3.8, 4) is 0 Å². The molecule has 1 aromatic rings. The van der Waals surface area contributed by atoms with Gasteiger partial charge in [0, 0.05) is 11.8 Å². The van der Waals surface area contributed by atoms with Gasteiger partial charge in [0.15, 0.2) is 0 Å². The Labute approximate surface area is 199 Å². The highest BCUT2D eigenvalue weighted by atomic mass is 32.2. The molecule has 4 aliphatic carbocycles. The Kier molecular flexibility index (Phi) is 6.15. The van der Waals surface area contributed by atoms with Gasteiger partial charge in [-0.15, -0.1) is 13.2 Å². The summed E-state index contributed by atoms with van der Waals surface area (Å²) in [6.07, 6.45) is 5.85. The van der Waals surface area contributed by atoms with Crippen LogP contribution in [0.5, 0.6) is 0 Å². The maximum Gasteiger partial charge on any atom is 0.537 e. The van der Waals surface area contributed by atoms with Crippen LogP contribution in [0.2, 0.25) is 0 Å². The van der Waals surface area contributed by atoms with Gasteiger partial charge in [0.2, 0.25) is 0 Å². The second kappa shape index (κ2) is 8.61. The van der Waals surface area contributed by atoms with Crippen LogP contribution in [0.25, 0.3) is 0 Å². The Morgan fingerprint density at radius 3 is 2.47 bits per heavy atom. The molecule has 8 heteroatoms. The molecule has 0 radical (unpaired) electrons. The fourth-order valence-corrected chi connectivity index (χ4v) is 8.89. The highest BCUT2D eigenvalue weighted by Crippen LogP contribution is 2.63. The van der Waals surface area contributed by atoms with Gasteiger partial charge in [-0.05, 0) is 97.8 Å². The molecule has 0 amide bonds. The van der Waals surface area contributed by atoms with Gasteiger partial charge in [-0.3, -0.25) is 4.79 Å². The third kappa shape index (κ3) is 4.23. The summed E-state index contributed by atoms with van der Waals surface area (Å²) < 4.78 is 65.2. The number of fused-ring (bicyclic) bond motifs is 5. The molecule has 0 saturated heterocycles. The number of hydrogen-bond donors (Lipinski definition) is 0. The van der Waals surface area contributed by atoms with Crippen molar-refractivity contribution in [3.63, 3.8) is 0 Å². The number of carbonyl (C=O) groups excluding carboxylic acids is 1. The van der Waals surface area contributed by atoms with Gasteiger partial charge in [0.05, 0.1) is 4.90 Å². The van der Waals surface area contributed by atoms with Gasteiger partial charge < -0.3 is 0 Å². The molecule has 5 rings (SSSR count). The van der Waals surface area contributed by atoms with Gasteiger partial charge in [0.1, 0.15) is 5.78 Å². The van der Waals surface area contributed by atoms with Crippen LogP contribution in [0.3, 0.4) is 0 Å². The summed E-state index contributed by atoms with van der Waals surface area (Å²) >= 11 is 0. The summed E-state index contributed by atoms with van der Waals surface area (Å²) in [5.41, 5.74) is 1.90. The molecule has 0 N–H and O–H groups in total. The molecular weight excluding hydrogens is 465 g/mol. The quantitative estimate of drug-likeness (QED) is 0.443. The van der Waals surface area contributed by atoms with Crippen LogP contribution in [0, 0.1) is 29.1 Å². The maximum absolute atomic E-state index is 13.5. The molecule has 3 saturated carbocycles. The lowest BCUT2D eigenvalue weighted by Gasteiger charge is -2.51. The number of Topliss-reactive ketones (excluding diaryl/α,β-unsaturated/α-hetero) is 1. The molecule has 0 aliphatic heterocycles. The first-order valence-corrected chi connectivity index (χ1v) is 14.1. The van der Waals surface area contributed by atoms with Crippen LogP contribution >= 0.6 is 0 Å². The van der Waals surface area contributed by atoms with Gasteiger partial charge in [-0.1, -0.05) is 32.3 Å². The van der Waals surface area contributed by atoms with E-state index in [0.29, 0.717) is 24.0 Å². The maximum atomic E-state index is 13.5. The van der Waals surface area contributed by atoms with E-state index in [9.17, 15) is 26.4 Å². The minimum absolute atomic E-state index is 0.0248. The van der Waals surface area contributed by atoms with Crippen LogP contribution in [-0.4, -0.2) is 20.6 Å². The molecule has 34 heavy (non-hydrogen) atoms. The van der Waals surface area contributed by atoms with E-state index >= 15 is 0 Å². The van der Waals surface area contributed by atoms with Gasteiger partial charge in [0.25, 0.3) is 0 Å². The number of hydrogen-bond acceptors (Lipinski definition) is 4. The first kappa shape index (κ1) is 24.3. The Bertz CT molecular complexity index is 1060. The normalized spacial score (nSPS) is 34.2. The zero-order chi connectivity index (χ0) is 24.3. The van der Waals surface area contributed by atoms with Crippen molar-refractivity contribution in [2.75, 3.05) is 0 Å². The Balaban J connectivity index is 1.36. The minimum Gasteiger partial charge on any atom is -0.299 e. The third-order valence-corrected chi connectivity index (χ3v) is 10.8. The summed E-state index contributed by atoms with van der Waals surface area (Å²) in [4.78, 5) is 13.1. The van der Waals surface area contributed by atoms with E-state index in [0.717, 1.165) is 68.9 Å². The molecular formula is C26H33F3O4S. The van der Waals surface area contributed by atoms with Crippen molar-refractivity contribution in [2.45, 2.75) is 94.7 Å². The van der Waals surface area contributed by atoms with Crippen molar-refractivity contribution in [1.82, 2.24) is 0 Å². The zero-order valence-electron chi connectivity index (χ0n) is 19.6. The van der Waals surface area contributed by atoms with Gasteiger partial charge >= 0.3 is 16.5 Å². The minimum atomic E-state index is -5.25. The number of halogens is 3. The van der Waals surface area contributed by atoms with E-state index in [4.69, 9.17) is 0 Å². The van der Waals surface area contributed by atoms with Gasteiger partial charge in [-0.2, -0.15) is 12.6 Å². The molecule has 4 aliphatic rings. The average molecular weight is 499 g/mol. The summed E-state index contributed by atoms with van der Waals surface area (Å²) in [7, 11) is -4.89. The van der Waals surface area contributed by atoms with Crippen molar-refractivity contribution < 1.29 is 30.6 Å². The fourth-order valence-electron chi connectivity index (χ4n) is 8.03. The third-order valence-electron chi connectivity index (χ3n) is 9.54. The molecule has 3 fully saturated rings. The monoisotopic (exact) mass is 498 g/mol. The van der Waals surface area contributed by atoms with E-state index < -0.39 is 21.4 Å². The number of carbonyl (C=O) groups is 1. The molecule has 0 spiro atoms. The van der Waals surface area contributed by atoms with Crippen LogP contribution in [0.4, 0.5) is 13.2 Å². The van der Waals surface area contributed by atoms with E-state index in [1.165, 1.54) is 18.6 Å². The molecule has 1 aromatic carbocycles. The predicted molar refractivity (Wildman–Crippen MR) is 120 cm³/mol. The number of alkyl halides is 3. The highest BCUT2D eigenvalue weighted by molar-refractivity contribution is 7.86. The Morgan fingerprint density at radius 2 is 1.76 bits per heavy atom. The smallest absolute Gasteiger partial charge is 0.299 e. The molecule has 0 unspecified atom stereocenters. The Hall–Kier alpha value is -1.41. The first-order valence-electron chi connectivity index (χ1n) is 12.7. The van der Waals surface area contributed by atoms with Crippen LogP contribution in [-0.2, 0) is 25.5 Å². The number of ketones is 1. The summed E-state index contributed by atoms with van der Waals surface area (Å²) in [6.45, 7) is 2.33. The lowest BCUT2D eigenvalue weighted by molar-refractivity contribution is -0.271. The molecule has 4 nitrogen and oxygen atoms in total. The van der Waals surface area contributed by atoms with E-state index in [2.05, 4.69) is 11.1 Å². The standard InChI is InChI=1S/C26H33F3O4S/c1-25-14-13-20-19-10-8-18(34(31,32)33-26(27,28)29)15-17(19)7-9-21(20)22(25)11-12-23(25)24(30)16-5-3-2-4-6-16/h8,10,15-16,20-23H,2-7,9,11-14H2,1H3/t20-,21-,22+,23-,25+/m1/s1. The van der Waals surface area contributed by atoms with E-state index in [1.807, 2.05) is 0 Å². The van der Waals surface area contributed by atoms with Crippen molar-refractivity contribution in [2.24, 2.45) is 29.1 Å². The SMILES string of the molecule is C[C@]12CC[C@@H]3c4ccc(S(=O)(=O)OC(F)(F)F)cc4CC[C@H]3[C@@H]1CC[C@@H]2C(=O)C1CCCCC1. The van der Waals surface area contributed by atoms with Gasteiger partial charge in [-0.25, -0.2) is 0 Å². The van der Waals surface area contributed by atoms with Crippen LogP contribution in [0.1, 0.15) is 88.2 Å². The summed E-state index contributed by atoms with van der Waals surface area (Å²) in [5, 5.41) is 0. The van der Waals surface area contributed by atoms with Crippen LogP contribution < -0.4 is 0 Å².